The molecule has 0 aliphatic rings. The van der Waals surface area contributed by atoms with Crippen molar-refractivity contribution in [2.75, 3.05) is 0 Å². The van der Waals surface area contributed by atoms with Gasteiger partial charge in [-0.3, -0.25) is 4.79 Å². The standard InChI is InChI=1S/C9H10O2.Li/c1-2-9(10)11-8-6-4-3-5-7-8;/h3-7H,2H2,1H3;. The largest absolute Gasteiger partial charge is 0.427 e. The van der Waals surface area contributed by atoms with Gasteiger partial charge in [0.2, 0.25) is 0 Å². The van der Waals surface area contributed by atoms with Crippen molar-refractivity contribution in [3.8, 4) is 5.75 Å². The van der Waals surface area contributed by atoms with Crippen molar-refractivity contribution in [3.05, 3.63) is 30.3 Å². The summed E-state index contributed by atoms with van der Waals surface area (Å²) in [5.74, 6) is 0.413. The zero-order valence-electron chi connectivity index (χ0n) is 7.41. The van der Waals surface area contributed by atoms with Crippen LogP contribution in [0.3, 0.4) is 0 Å². The molecule has 0 aliphatic carbocycles. The summed E-state index contributed by atoms with van der Waals surface area (Å²) in [6.45, 7) is 1.77. The topological polar surface area (TPSA) is 26.3 Å². The molecule has 2 nitrogen and oxygen atoms in total. The molecule has 0 aliphatic heterocycles. The van der Waals surface area contributed by atoms with Crippen LogP contribution in [0, 0.1) is 0 Å². The Morgan fingerprint density at radius 3 is 2.42 bits per heavy atom. The number of carbonyl (C=O) groups excluding carboxylic acids is 1. The van der Waals surface area contributed by atoms with Gasteiger partial charge in [-0.2, -0.15) is 0 Å². The number of benzene rings is 1. The van der Waals surface area contributed by atoms with Crippen LogP contribution in [0.25, 0.3) is 0 Å². The van der Waals surface area contributed by atoms with Crippen LogP contribution < -0.4 is 4.74 Å². The van der Waals surface area contributed by atoms with E-state index in [1.807, 2.05) is 18.2 Å². The molecule has 1 aromatic rings. The third-order valence-electron chi connectivity index (χ3n) is 1.26. The first-order chi connectivity index (χ1) is 5.33. The molecule has 0 heterocycles. The summed E-state index contributed by atoms with van der Waals surface area (Å²) in [5.41, 5.74) is 0. The van der Waals surface area contributed by atoms with Gasteiger partial charge in [-0.15, -0.1) is 0 Å². The number of rotatable bonds is 2. The van der Waals surface area contributed by atoms with E-state index in [0.29, 0.717) is 12.2 Å². The maximum Gasteiger partial charge on any atom is 0.310 e. The average molecular weight is 157 g/mol. The number of carbonyl (C=O) groups is 1. The summed E-state index contributed by atoms with van der Waals surface area (Å²) in [6, 6.07) is 9.06. The molecule has 3 heteroatoms. The molecular formula is C9H10LiO2. The second-order valence-electron chi connectivity index (χ2n) is 2.14. The van der Waals surface area contributed by atoms with Crippen molar-refractivity contribution >= 4 is 24.8 Å². The molecule has 0 fully saturated rings. The first-order valence-electron chi connectivity index (χ1n) is 3.58. The molecule has 0 bridgehead atoms. The summed E-state index contributed by atoms with van der Waals surface area (Å²) in [5, 5.41) is 0. The molecule has 12 heavy (non-hydrogen) atoms. The van der Waals surface area contributed by atoms with Crippen molar-refractivity contribution in [1.29, 1.82) is 0 Å². The zero-order chi connectivity index (χ0) is 8.10. The number of hydrogen-bond acceptors (Lipinski definition) is 2. The van der Waals surface area contributed by atoms with E-state index < -0.39 is 0 Å². The van der Waals surface area contributed by atoms with E-state index in [-0.39, 0.29) is 24.8 Å². The van der Waals surface area contributed by atoms with Crippen molar-refractivity contribution in [1.82, 2.24) is 0 Å². The molecule has 0 unspecified atom stereocenters. The Balaban J connectivity index is 0.00000121. The van der Waals surface area contributed by atoms with Gasteiger partial charge in [-0.25, -0.2) is 0 Å². The quantitative estimate of drug-likeness (QED) is 0.370. The van der Waals surface area contributed by atoms with Crippen LogP contribution >= 0.6 is 0 Å². The average Bonchev–Trinajstić information content (AvgIpc) is 2.06. The molecular weight excluding hydrogens is 147 g/mol. The number of esters is 1. The molecule has 1 rings (SSSR count). The molecule has 0 aromatic heterocycles. The molecule has 0 amide bonds. The van der Waals surface area contributed by atoms with Gasteiger partial charge in [0, 0.05) is 25.3 Å². The zero-order valence-corrected chi connectivity index (χ0v) is 7.41. The van der Waals surface area contributed by atoms with Gasteiger partial charge in [0.15, 0.2) is 0 Å². The third-order valence-corrected chi connectivity index (χ3v) is 1.26. The van der Waals surface area contributed by atoms with Crippen molar-refractivity contribution in [2.24, 2.45) is 0 Å². The van der Waals surface area contributed by atoms with Crippen LogP contribution in [-0.2, 0) is 4.79 Å². The van der Waals surface area contributed by atoms with Crippen LogP contribution in [0.15, 0.2) is 30.3 Å². The minimum Gasteiger partial charge on any atom is -0.427 e. The van der Waals surface area contributed by atoms with E-state index in [1.165, 1.54) is 0 Å². The Morgan fingerprint density at radius 2 is 1.92 bits per heavy atom. The van der Waals surface area contributed by atoms with E-state index >= 15 is 0 Å². The van der Waals surface area contributed by atoms with Gasteiger partial charge < -0.3 is 4.74 Å². The van der Waals surface area contributed by atoms with E-state index in [9.17, 15) is 4.79 Å². The fourth-order valence-corrected chi connectivity index (χ4v) is 0.692. The Kier molecular flexibility index (Phi) is 5.53. The monoisotopic (exact) mass is 157 g/mol. The Hall–Kier alpha value is -0.713. The van der Waals surface area contributed by atoms with Crippen LogP contribution in [0.1, 0.15) is 13.3 Å². The summed E-state index contributed by atoms with van der Waals surface area (Å²) >= 11 is 0. The summed E-state index contributed by atoms with van der Waals surface area (Å²) in [6.07, 6.45) is 0.412. The summed E-state index contributed by atoms with van der Waals surface area (Å²) in [4.78, 5) is 10.8. The minimum atomic E-state index is -0.198. The van der Waals surface area contributed by atoms with E-state index in [1.54, 1.807) is 19.1 Å². The second kappa shape index (κ2) is 5.88. The third kappa shape index (κ3) is 3.61. The Morgan fingerprint density at radius 1 is 1.33 bits per heavy atom. The first-order valence-corrected chi connectivity index (χ1v) is 3.58. The van der Waals surface area contributed by atoms with Gasteiger partial charge >= 0.3 is 5.97 Å². The van der Waals surface area contributed by atoms with E-state index in [2.05, 4.69) is 0 Å². The van der Waals surface area contributed by atoms with Crippen molar-refractivity contribution in [2.45, 2.75) is 13.3 Å². The minimum absolute atomic E-state index is 0. The van der Waals surface area contributed by atoms with Gasteiger partial charge in [0.05, 0.1) is 0 Å². The second-order valence-corrected chi connectivity index (χ2v) is 2.14. The SMILES string of the molecule is CCC(=O)Oc1ccccc1.[Li]. The summed E-state index contributed by atoms with van der Waals surface area (Å²) in [7, 11) is 0. The fourth-order valence-electron chi connectivity index (χ4n) is 0.692. The van der Waals surface area contributed by atoms with E-state index in [0.717, 1.165) is 0 Å². The number of hydrogen-bond donors (Lipinski definition) is 0. The predicted octanol–water partition coefficient (Wildman–Crippen LogP) is 1.62. The van der Waals surface area contributed by atoms with E-state index in [4.69, 9.17) is 4.74 Å². The maximum absolute atomic E-state index is 10.8. The molecule has 59 valence electrons. The normalized spacial score (nSPS) is 8.42. The van der Waals surface area contributed by atoms with Gasteiger partial charge in [0.25, 0.3) is 0 Å². The van der Waals surface area contributed by atoms with Crippen LogP contribution in [0.2, 0.25) is 0 Å². The Labute approximate surface area is 84.1 Å². The molecule has 0 saturated heterocycles. The molecule has 0 atom stereocenters. The molecule has 1 radical (unpaired) electrons. The van der Waals surface area contributed by atoms with Crippen molar-refractivity contribution < 1.29 is 9.53 Å². The molecule has 0 saturated carbocycles. The summed E-state index contributed by atoms with van der Waals surface area (Å²) < 4.78 is 4.92. The predicted molar refractivity (Wildman–Crippen MR) is 48.1 cm³/mol. The van der Waals surface area contributed by atoms with Crippen LogP contribution in [-0.4, -0.2) is 24.8 Å². The number of ether oxygens (including phenoxy) is 1. The Bertz CT molecular complexity index is 234. The van der Waals surface area contributed by atoms with Gasteiger partial charge in [-0.1, -0.05) is 25.1 Å². The molecule has 0 spiro atoms. The molecule has 0 N–H and O–H groups in total. The smallest absolute Gasteiger partial charge is 0.310 e. The van der Waals surface area contributed by atoms with Crippen LogP contribution in [0.4, 0.5) is 0 Å². The maximum atomic E-state index is 10.8. The van der Waals surface area contributed by atoms with Gasteiger partial charge in [-0.05, 0) is 12.1 Å². The van der Waals surface area contributed by atoms with Gasteiger partial charge in [0.1, 0.15) is 5.75 Å². The fraction of sp³-hybridized carbons (Fsp3) is 0.222. The van der Waals surface area contributed by atoms with Crippen LogP contribution in [0.5, 0.6) is 5.75 Å². The number of para-hydroxylation sites is 1. The van der Waals surface area contributed by atoms with Crippen molar-refractivity contribution in [3.63, 3.8) is 0 Å². The first kappa shape index (κ1) is 11.3. The molecule has 1 aromatic carbocycles.